The molecular weight excluding hydrogens is 476 g/mol. The summed E-state index contributed by atoms with van der Waals surface area (Å²) >= 11 is 0. The van der Waals surface area contributed by atoms with Gasteiger partial charge < -0.3 is 9.64 Å². The number of Topliss-reactive ketones (excluding diaryl/α,β-unsaturated/α-hetero) is 1. The molecule has 2 aliphatic heterocycles. The van der Waals surface area contributed by atoms with Crippen LogP contribution in [-0.2, 0) is 4.74 Å². The summed E-state index contributed by atoms with van der Waals surface area (Å²) in [4.78, 5) is 33.3. The van der Waals surface area contributed by atoms with Crippen molar-refractivity contribution in [3.8, 4) is 11.1 Å². The van der Waals surface area contributed by atoms with Gasteiger partial charge in [-0.25, -0.2) is 14.3 Å². The fourth-order valence-corrected chi connectivity index (χ4v) is 6.92. The molecule has 1 amide bonds. The first-order chi connectivity index (χ1) is 18.6. The lowest BCUT2D eigenvalue weighted by atomic mass is 9.76. The molecule has 4 aromatic rings. The topological polar surface area (TPSA) is 76.8 Å². The van der Waals surface area contributed by atoms with Gasteiger partial charge in [0.25, 0.3) is 0 Å². The average molecular weight is 507 g/mol. The number of aryl methyl sites for hydroxylation is 1. The van der Waals surface area contributed by atoms with Crippen LogP contribution in [0.2, 0.25) is 0 Å². The van der Waals surface area contributed by atoms with Crippen molar-refractivity contribution >= 4 is 17.5 Å². The van der Waals surface area contributed by atoms with Crippen LogP contribution in [0.1, 0.15) is 65.2 Å². The maximum Gasteiger partial charge on any atom is 0.410 e. The molecule has 1 aliphatic carbocycles. The minimum atomic E-state index is -0.248. The first-order valence-electron chi connectivity index (χ1n) is 13.6. The first-order valence-corrected chi connectivity index (χ1v) is 13.6. The molecule has 0 saturated carbocycles. The predicted molar refractivity (Wildman–Crippen MR) is 143 cm³/mol. The molecule has 2 bridgehead atoms. The molecule has 38 heavy (non-hydrogen) atoms. The lowest BCUT2D eigenvalue weighted by Crippen LogP contribution is -2.55. The fourth-order valence-electron chi connectivity index (χ4n) is 6.92. The summed E-state index contributed by atoms with van der Waals surface area (Å²) < 4.78 is 7.70. The zero-order valence-corrected chi connectivity index (χ0v) is 21.4. The van der Waals surface area contributed by atoms with Crippen molar-refractivity contribution in [1.29, 1.82) is 0 Å². The van der Waals surface area contributed by atoms with Gasteiger partial charge in [0.2, 0.25) is 0 Å². The zero-order chi connectivity index (χ0) is 25.8. The summed E-state index contributed by atoms with van der Waals surface area (Å²) in [5.74, 6) is 0.00847. The highest BCUT2D eigenvalue weighted by Crippen LogP contribution is 2.45. The van der Waals surface area contributed by atoms with E-state index in [1.54, 1.807) is 16.9 Å². The van der Waals surface area contributed by atoms with E-state index in [-0.39, 0.29) is 35.8 Å². The van der Waals surface area contributed by atoms with Gasteiger partial charge in [-0.05, 0) is 61.3 Å². The SMILES string of the molecule is Cc1cc2ncc(C(=O)C3CC4CCCC(C3)N4C(=O)OCC3c4ccccc4-c4ccccc43)cn2n1. The Kier molecular flexibility index (Phi) is 5.53. The third-order valence-electron chi connectivity index (χ3n) is 8.61. The van der Waals surface area contributed by atoms with Gasteiger partial charge in [-0.15, -0.1) is 0 Å². The predicted octanol–water partition coefficient (Wildman–Crippen LogP) is 5.80. The van der Waals surface area contributed by atoms with Crippen molar-refractivity contribution in [2.45, 2.75) is 57.0 Å². The molecule has 4 heterocycles. The number of ether oxygens (including phenoxy) is 1. The number of benzene rings is 2. The summed E-state index contributed by atoms with van der Waals surface area (Å²) in [7, 11) is 0. The molecule has 2 saturated heterocycles. The van der Waals surface area contributed by atoms with Crippen LogP contribution in [0.25, 0.3) is 16.8 Å². The van der Waals surface area contributed by atoms with Crippen molar-refractivity contribution in [3.63, 3.8) is 0 Å². The minimum Gasteiger partial charge on any atom is -0.448 e. The number of fused-ring (bicyclic) bond motifs is 6. The number of aromatic nitrogens is 3. The largest absolute Gasteiger partial charge is 0.448 e. The highest BCUT2D eigenvalue weighted by molar-refractivity contribution is 5.97. The second kappa shape index (κ2) is 9.08. The molecule has 2 aromatic carbocycles. The van der Waals surface area contributed by atoms with Crippen molar-refractivity contribution in [1.82, 2.24) is 19.5 Å². The number of nitrogens with zero attached hydrogens (tertiary/aromatic N) is 4. The molecule has 2 aromatic heterocycles. The minimum absolute atomic E-state index is 0.0238. The molecule has 192 valence electrons. The van der Waals surface area contributed by atoms with E-state index in [0.29, 0.717) is 25.0 Å². The number of hydrogen-bond acceptors (Lipinski definition) is 5. The number of ketones is 1. The van der Waals surface area contributed by atoms with Gasteiger partial charge >= 0.3 is 6.09 Å². The lowest BCUT2D eigenvalue weighted by molar-refractivity contribution is 0.00649. The van der Waals surface area contributed by atoms with Crippen LogP contribution in [0, 0.1) is 12.8 Å². The van der Waals surface area contributed by atoms with Crippen molar-refractivity contribution in [2.75, 3.05) is 6.61 Å². The van der Waals surface area contributed by atoms with E-state index in [1.807, 2.05) is 30.0 Å². The van der Waals surface area contributed by atoms with E-state index < -0.39 is 0 Å². The van der Waals surface area contributed by atoms with E-state index in [9.17, 15) is 9.59 Å². The van der Waals surface area contributed by atoms with E-state index in [4.69, 9.17) is 4.74 Å². The quantitative estimate of drug-likeness (QED) is 0.327. The van der Waals surface area contributed by atoms with Gasteiger partial charge in [0.1, 0.15) is 6.61 Å². The standard InChI is InChI=1S/C31H30N4O3/c1-19-13-29-32-16-21(17-34(29)33-19)30(36)20-14-22-7-6-8-23(15-20)35(22)31(37)38-18-28-26-11-4-2-9-24(26)25-10-3-5-12-27(25)28/h2-5,9-13,16-17,20,22-23,28H,6-8,14-15,18H2,1H3. The molecule has 2 fully saturated rings. The van der Waals surface area contributed by atoms with Crippen LogP contribution < -0.4 is 0 Å². The molecule has 0 spiro atoms. The number of rotatable bonds is 4. The van der Waals surface area contributed by atoms with Gasteiger partial charge in [0.15, 0.2) is 11.4 Å². The van der Waals surface area contributed by atoms with Crippen LogP contribution >= 0.6 is 0 Å². The lowest BCUT2D eigenvalue weighted by Gasteiger charge is -2.47. The smallest absolute Gasteiger partial charge is 0.410 e. The van der Waals surface area contributed by atoms with Gasteiger partial charge in [-0.2, -0.15) is 5.10 Å². The average Bonchev–Trinajstić information content (AvgIpc) is 3.46. The molecule has 2 unspecified atom stereocenters. The van der Waals surface area contributed by atoms with Crippen LogP contribution in [0.15, 0.2) is 67.0 Å². The maximum atomic E-state index is 13.5. The Morgan fingerprint density at radius 2 is 1.63 bits per heavy atom. The molecular formula is C31H30N4O3. The Balaban J connectivity index is 1.06. The van der Waals surface area contributed by atoms with Gasteiger partial charge in [0, 0.05) is 42.4 Å². The Labute approximate surface area is 221 Å². The number of hydrogen-bond donors (Lipinski definition) is 0. The van der Waals surface area contributed by atoms with E-state index in [0.717, 1.165) is 30.6 Å². The molecule has 7 rings (SSSR count). The third-order valence-corrected chi connectivity index (χ3v) is 8.61. The van der Waals surface area contributed by atoms with Gasteiger partial charge in [0.05, 0.1) is 11.3 Å². The van der Waals surface area contributed by atoms with E-state index in [2.05, 4.69) is 46.5 Å². The number of carbonyl (C=O) groups excluding carboxylic acids is 2. The van der Waals surface area contributed by atoms with E-state index in [1.165, 1.54) is 22.3 Å². The molecule has 7 heteroatoms. The third kappa shape index (κ3) is 3.80. The van der Waals surface area contributed by atoms with Gasteiger partial charge in [-0.1, -0.05) is 48.5 Å². The number of piperidine rings is 2. The second-order valence-electron chi connectivity index (χ2n) is 10.9. The molecule has 2 atom stereocenters. The Morgan fingerprint density at radius 3 is 2.32 bits per heavy atom. The molecule has 0 radical (unpaired) electrons. The summed E-state index contributed by atoms with van der Waals surface area (Å²) in [5, 5.41) is 4.41. The summed E-state index contributed by atoms with van der Waals surface area (Å²) in [6.45, 7) is 2.23. The second-order valence-corrected chi connectivity index (χ2v) is 10.9. The number of amides is 1. The van der Waals surface area contributed by atoms with Crippen LogP contribution in [0.4, 0.5) is 4.79 Å². The molecule has 0 N–H and O–H groups in total. The summed E-state index contributed by atoms with van der Waals surface area (Å²) in [6, 6.07) is 18.7. The first kappa shape index (κ1) is 23.1. The van der Waals surface area contributed by atoms with Crippen molar-refractivity contribution in [2.24, 2.45) is 5.92 Å². The zero-order valence-electron chi connectivity index (χ0n) is 21.4. The summed E-state index contributed by atoms with van der Waals surface area (Å²) in [6.07, 6.45) is 7.40. The van der Waals surface area contributed by atoms with Crippen LogP contribution in [0.3, 0.4) is 0 Å². The highest BCUT2D eigenvalue weighted by atomic mass is 16.6. The monoisotopic (exact) mass is 506 g/mol. The Bertz CT molecular complexity index is 1500. The molecule has 7 nitrogen and oxygen atoms in total. The Morgan fingerprint density at radius 1 is 0.974 bits per heavy atom. The highest BCUT2D eigenvalue weighted by Gasteiger charge is 2.44. The summed E-state index contributed by atoms with van der Waals surface area (Å²) in [5.41, 5.74) is 7.05. The van der Waals surface area contributed by atoms with Crippen LogP contribution in [-0.4, -0.2) is 50.1 Å². The van der Waals surface area contributed by atoms with Crippen molar-refractivity contribution < 1.29 is 14.3 Å². The van der Waals surface area contributed by atoms with E-state index >= 15 is 0 Å². The molecule has 3 aliphatic rings. The number of carbonyl (C=O) groups is 2. The van der Waals surface area contributed by atoms with Crippen molar-refractivity contribution in [3.05, 3.63) is 89.4 Å². The fraction of sp³-hybridized carbons (Fsp3) is 0.355. The van der Waals surface area contributed by atoms with Crippen LogP contribution in [0.5, 0.6) is 0 Å². The Hall–Kier alpha value is -4.00. The maximum absolute atomic E-state index is 13.5. The van der Waals surface area contributed by atoms with Gasteiger partial charge in [-0.3, -0.25) is 4.79 Å². The normalized spacial score (nSPS) is 22.2.